The third-order valence-corrected chi connectivity index (χ3v) is 6.07. The Morgan fingerprint density at radius 1 is 1.16 bits per heavy atom. The fourth-order valence-electron chi connectivity index (χ4n) is 4.50. The summed E-state index contributed by atoms with van der Waals surface area (Å²) >= 11 is 0. The van der Waals surface area contributed by atoms with Gasteiger partial charge in [-0.05, 0) is 42.3 Å². The minimum Gasteiger partial charge on any atom is -0.486 e. The molecule has 9 heteroatoms. The molecule has 0 bridgehead atoms. The van der Waals surface area contributed by atoms with Crippen LogP contribution in [0.15, 0.2) is 36.4 Å². The highest BCUT2D eigenvalue weighted by molar-refractivity contribution is 5.77. The summed E-state index contributed by atoms with van der Waals surface area (Å²) in [7, 11) is 0. The van der Waals surface area contributed by atoms with Gasteiger partial charge < -0.3 is 30.6 Å². The molecule has 6 rings (SSSR count). The smallest absolute Gasteiger partial charge is 0.408 e. The highest BCUT2D eigenvalue weighted by Crippen LogP contribution is 2.42. The lowest BCUT2D eigenvalue weighted by atomic mass is 10.1. The van der Waals surface area contributed by atoms with Crippen molar-refractivity contribution in [3.63, 3.8) is 0 Å². The first kappa shape index (κ1) is 18.7. The van der Waals surface area contributed by atoms with Gasteiger partial charge in [-0.25, -0.2) is 9.78 Å². The second-order valence-electron chi connectivity index (χ2n) is 8.04. The van der Waals surface area contributed by atoms with E-state index in [-0.39, 0.29) is 18.2 Å². The number of fused-ring (bicyclic) bond motifs is 4. The lowest BCUT2D eigenvalue weighted by molar-refractivity contribution is 0.136. The zero-order chi connectivity index (χ0) is 21.8. The zero-order valence-corrected chi connectivity index (χ0v) is 17.3. The molecule has 3 aliphatic rings. The summed E-state index contributed by atoms with van der Waals surface area (Å²) in [5.41, 5.74) is 11.5. The molecular formula is C23H21N5O4. The van der Waals surface area contributed by atoms with Crippen LogP contribution in [-0.4, -0.2) is 35.4 Å². The summed E-state index contributed by atoms with van der Waals surface area (Å²) in [6, 6.07) is 11.6. The Bertz CT molecular complexity index is 1260. The maximum absolute atomic E-state index is 11.6. The fourth-order valence-corrected chi connectivity index (χ4v) is 4.50. The molecular weight excluding hydrogens is 410 g/mol. The van der Waals surface area contributed by atoms with Crippen LogP contribution in [0.5, 0.6) is 11.5 Å². The van der Waals surface area contributed by atoms with Crippen molar-refractivity contribution in [2.45, 2.75) is 25.5 Å². The van der Waals surface area contributed by atoms with Crippen molar-refractivity contribution in [2.75, 3.05) is 24.3 Å². The molecule has 1 amide bonds. The summed E-state index contributed by atoms with van der Waals surface area (Å²) < 4.78 is 16.9. The molecule has 9 nitrogen and oxygen atoms in total. The predicted molar refractivity (Wildman–Crippen MR) is 117 cm³/mol. The lowest BCUT2D eigenvalue weighted by Crippen LogP contribution is -2.18. The zero-order valence-electron chi connectivity index (χ0n) is 17.3. The average molecular weight is 431 g/mol. The summed E-state index contributed by atoms with van der Waals surface area (Å²) in [4.78, 5) is 20.8. The number of carbonyl (C=O) groups is 1. The molecule has 1 aliphatic carbocycles. The van der Waals surface area contributed by atoms with Crippen molar-refractivity contribution >= 4 is 23.5 Å². The van der Waals surface area contributed by atoms with Crippen molar-refractivity contribution in [1.29, 1.82) is 0 Å². The number of benzene rings is 2. The van der Waals surface area contributed by atoms with Gasteiger partial charge >= 0.3 is 6.09 Å². The van der Waals surface area contributed by atoms with Crippen LogP contribution in [0, 0.1) is 6.92 Å². The first-order valence-electron chi connectivity index (χ1n) is 10.5. The summed E-state index contributed by atoms with van der Waals surface area (Å²) in [5.74, 6) is 2.10. The number of amides is 1. The molecule has 0 saturated carbocycles. The quantitative estimate of drug-likeness (QED) is 0.578. The van der Waals surface area contributed by atoms with Crippen LogP contribution in [0.4, 0.5) is 22.2 Å². The molecule has 162 valence electrons. The van der Waals surface area contributed by atoms with Gasteiger partial charge in [-0.2, -0.15) is 4.98 Å². The third kappa shape index (κ3) is 2.96. The van der Waals surface area contributed by atoms with E-state index in [2.05, 4.69) is 15.6 Å². The molecule has 0 spiro atoms. The standard InChI is InChI=1S/C23H21N5O4/c1-11-18(14-3-2-4-16-20(14)31-8-7-30-16)26-22(28-21(11)24)25-13-6-5-12-9-17-19(15(12)10-13)27-23(29)32-17/h2-6,10,17,19H,7-9H2,1H3,(H,27,29)(H3,24,25,26,28)/t17-,19+/m1/s1. The molecule has 1 aromatic heterocycles. The van der Waals surface area contributed by atoms with E-state index in [9.17, 15) is 4.79 Å². The molecule has 2 aliphatic heterocycles. The van der Waals surface area contributed by atoms with E-state index in [4.69, 9.17) is 24.9 Å². The number of alkyl carbamates (subject to hydrolysis) is 1. The topological polar surface area (TPSA) is 121 Å². The van der Waals surface area contributed by atoms with E-state index in [1.54, 1.807) is 0 Å². The van der Waals surface area contributed by atoms with E-state index >= 15 is 0 Å². The lowest BCUT2D eigenvalue weighted by Gasteiger charge is -2.21. The molecule has 2 aromatic carbocycles. The number of nitrogens with zero attached hydrogens (tertiary/aromatic N) is 2. The monoisotopic (exact) mass is 431 g/mol. The van der Waals surface area contributed by atoms with Gasteiger partial charge in [0.05, 0.1) is 11.7 Å². The van der Waals surface area contributed by atoms with Gasteiger partial charge in [-0.1, -0.05) is 12.1 Å². The fraction of sp³-hybridized carbons (Fsp3) is 0.261. The minimum atomic E-state index is -0.374. The number of ether oxygens (including phenoxy) is 3. The van der Waals surface area contributed by atoms with Crippen molar-refractivity contribution in [3.8, 4) is 22.8 Å². The Labute approximate surface area is 183 Å². The van der Waals surface area contributed by atoms with Crippen LogP contribution in [0.25, 0.3) is 11.3 Å². The van der Waals surface area contributed by atoms with Crippen LogP contribution in [0.1, 0.15) is 22.7 Å². The van der Waals surface area contributed by atoms with Crippen molar-refractivity contribution in [2.24, 2.45) is 0 Å². The Balaban J connectivity index is 1.36. The highest BCUT2D eigenvalue weighted by atomic mass is 16.6. The van der Waals surface area contributed by atoms with Gasteiger partial charge in [0.2, 0.25) is 5.95 Å². The Kier molecular flexibility index (Phi) is 4.11. The number of carbonyl (C=O) groups excluding carboxylic acids is 1. The van der Waals surface area contributed by atoms with E-state index in [1.165, 1.54) is 0 Å². The summed E-state index contributed by atoms with van der Waals surface area (Å²) in [6.07, 6.45) is 0.177. The Morgan fingerprint density at radius 2 is 2.03 bits per heavy atom. The largest absolute Gasteiger partial charge is 0.486 e. The molecule has 0 radical (unpaired) electrons. The maximum atomic E-state index is 11.6. The second-order valence-corrected chi connectivity index (χ2v) is 8.04. The molecule has 4 N–H and O–H groups in total. The minimum absolute atomic E-state index is 0.133. The van der Waals surface area contributed by atoms with E-state index in [1.807, 2.05) is 43.3 Å². The van der Waals surface area contributed by atoms with E-state index in [0.29, 0.717) is 48.6 Å². The molecule has 32 heavy (non-hydrogen) atoms. The number of nitrogens with two attached hydrogens (primary N) is 1. The number of hydrogen-bond acceptors (Lipinski definition) is 8. The van der Waals surface area contributed by atoms with E-state index in [0.717, 1.165) is 27.9 Å². The third-order valence-electron chi connectivity index (χ3n) is 6.07. The van der Waals surface area contributed by atoms with Crippen LogP contribution >= 0.6 is 0 Å². The maximum Gasteiger partial charge on any atom is 0.408 e. The van der Waals surface area contributed by atoms with Crippen LogP contribution in [-0.2, 0) is 11.2 Å². The molecule has 1 saturated heterocycles. The van der Waals surface area contributed by atoms with Gasteiger partial charge in [0.25, 0.3) is 0 Å². The Morgan fingerprint density at radius 3 is 2.94 bits per heavy atom. The average Bonchev–Trinajstić information content (AvgIpc) is 3.31. The van der Waals surface area contributed by atoms with Crippen molar-refractivity contribution < 1.29 is 19.0 Å². The van der Waals surface area contributed by atoms with Gasteiger partial charge in [-0.15, -0.1) is 0 Å². The van der Waals surface area contributed by atoms with Crippen LogP contribution < -0.4 is 25.8 Å². The van der Waals surface area contributed by atoms with E-state index < -0.39 is 0 Å². The normalized spacial score (nSPS) is 20.2. The first-order valence-corrected chi connectivity index (χ1v) is 10.5. The Hall–Kier alpha value is -4.01. The highest BCUT2D eigenvalue weighted by Gasteiger charge is 2.41. The molecule has 2 atom stereocenters. The van der Waals surface area contributed by atoms with Gasteiger partial charge in [0.1, 0.15) is 25.1 Å². The number of anilines is 3. The number of hydrogen-bond donors (Lipinski definition) is 3. The predicted octanol–water partition coefficient (Wildman–Crippen LogP) is 3.25. The number of aromatic nitrogens is 2. The van der Waals surface area contributed by atoms with Crippen molar-refractivity contribution in [3.05, 3.63) is 53.1 Å². The SMILES string of the molecule is Cc1c(N)nc(Nc2ccc3c(c2)[C@@H]2NC(=O)O[C@@H]2C3)nc1-c1cccc2c1OCCO2. The van der Waals surface area contributed by atoms with Crippen LogP contribution in [0.2, 0.25) is 0 Å². The van der Waals surface area contributed by atoms with Gasteiger partial charge in [-0.3, -0.25) is 0 Å². The van der Waals surface area contributed by atoms with Crippen LogP contribution in [0.3, 0.4) is 0 Å². The number of para-hydroxylation sites is 1. The summed E-state index contributed by atoms with van der Waals surface area (Å²) in [5, 5.41) is 6.13. The number of rotatable bonds is 3. The number of nitrogens with one attached hydrogen (secondary N) is 2. The second kappa shape index (κ2) is 7.01. The molecule has 1 fully saturated rings. The molecule has 3 heterocycles. The van der Waals surface area contributed by atoms with Gasteiger partial charge in [0.15, 0.2) is 11.5 Å². The molecule has 0 unspecified atom stereocenters. The van der Waals surface area contributed by atoms with Gasteiger partial charge in [0, 0.05) is 23.2 Å². The number of nitrogen functional groups attached to an aromatic ring is 1. The van der Waals surface area contributed by atoms with Crippen molar-refractivity contribution in [1.82, 2.24) is 15.3 Å². The molecule has 3 aromatic rings. The summed E-state index contributed by atoms with van der Waals surface area (Å²) in [6.45, 7) is 2.88. The first-order chi connectivity index (χ1) is 15.6.